The zero-order valence-electron chi connectivity index (χ0n) is 15.9. The Hall–Kier alpha value is -2.62. The first-order valence-corrected chi connectivity index (χ1v) is 10.6. The van der Waals surface area contributed by atoms with Gasteiger partial charge in [0.2, 0.25) is 16.8 Å². The van der Waals surface area contributed by atoms with Gasteiger partial charge in [-0.2, -0.15) is 4.31 Å². The third-order valence-electron chi connectivity index (χ3n) is 4.82. The summed E-state index contributed by atoms with van der Waals surface area (Å²) < 4.78 is 48.5. The van der Waals surface area contributed by atoms with Crippen LogP contribution in [0.25, 0.3) is 0 Å². The Bertz CT molecular complexity index is 1030. The SMILES string of the molecule is Cc1ccc(C(=O)OCc2ccc3c(c2)OCO3)cc1S(=O)(=O)N1CCOCC1. The van der Waals surface area contributed by atoms with Crippen molar-refractivity contribution in [2.75, 3.05) is 33.1 Å². The van der Waals surface area contributed by atoms with Gasteiger partial charge >= 0.3 is 5.97 Å². The molecule has 0 radical (unpaired) electrons. The molecule has 0 bridgehead atoms. The molecule has 0 spiro atoms. The molecule has 2 heterocycles. The van der Waals surface area contributed by atoms with E-state index >= 15 is 0 Å². The molecule has 2 aromatic carbocycles. The Balaban J connectivity index is 1.50. The molecule has 0 N–H and O–H groups in total. The summed E-state index contributed by atoms with van der Waals surface area (Å²) in [4.78, 5) is 12.6. The molecule has 29 heavy (non-hydrogen) atoms. The normalized spacial score (nSPS) is 16.6. The maximum absolute atomic E-state index is 13.0. The van der Waals surface area contributed by atoms with Crippen molar-refractivity contribution in [3.8, 4) is 11.5 Å². The van der Waals surface area contributed by atoms with E-state index < -0.39 is 16.0 Å². The molecule has 0 atom stereocenters. The van der Waals surface area contributed by atoms with E-state index in [4.69, 9.17) is 18.9 Å². The van der Waals surface area contributed by atoms with Crippen LogP contribution in [0.3, 0.4) is 0 Å². The largest absolute Gasteiger partial charge is 0.457 e. The lowest BCUT2D eigenvalue weighted by atomic mass is 10.1. The minimum atomic E-state index is -3.71. The summed E-state index contributed by atoms with van der Waals surface area (Å²) in [5.41, 5.74) is 1.50. The minimum Gasteiger partial charge on any atom is -0.457 e. The second kappa shape index (κ2) is 8.02. The summed E-state index contributed by atoms with van der Waals surface area (Å²) in [7, 11) is -3.71. The maximum atomic E-state index is 13.0. The van der Waals surface area contributed by atoms with Crippen molar-refractivity contribution < 1.29 is 32.2 Å². The van der Waals surface area contributed by atoms with Crippen LogP contribution in [0.5, 0.6) is 11.5 Å². The fourth-order valence-electron chi connectivity index (χ4n) is 3.19. The Morgan fingerprint density at radius 3 is 2.62 bits per heavy atom. The van der Waals surface area contributed by atoms with E-state index in [0.717, 1.165) is 5.56 Å². The lowest BCUT2D eigenvalue weighted by Gasteiger charge is -2.26. The second-order valence-electron chi connectivity index (χ2n) is 6.76. The van der Waals surface area contributed by atoms with E-state index in [-0.39, 0.29) is 23.9 Å². The number of hydrogen-bond donors (Lipinski definition) is 0. The molecule has 154 valence electrons. The van der Waals surface area contributed by atoms with Gasteiger partial charge in [0.05, 0.1) is 23.7 Å². The summed E-state index contributed by atoms with van der Waals surface area (Å²) in [6.07, 6.45) is 0. The van der Waals surface area contributed by atoms with Gasteiger partial charge < -0.3 is 18.9 Å². The van der Waals surface area contributed by atoms with Crippen molar-refractivity contribution in [2.45, 2.75) is 18.4 Å². The molecule has 2 aliphatic rings. The molecule has 0 aromatic heterocycles. The van der Waals surface area contributed by atoms with Gasteiger partial charge in [0.25, 0.3) is 0 Å². The lowest BCUT2D eigenvalue weighted by Crippen LogP contribution is -2.40. The lowest BCUT2D eigenvalue weighted by molar-refractivity contribution is 0.0472. The molecule has 1 saturated heterocycles. The Labute approximate surface area is 169 Å². The molecule has 0 unspecified atom stereocenters. The van der Waals surface area contributed by atoms with Crippen LogP contribution in [0.15, 0.2) is 41.3 Å². The van der Waals surface area contributed by atoms with Gasteiger partial charge in [0.15, 0.2) is 11.5 Å². The average Bonchev–Trinajstić information content (AvgIpc) is 3.20. The van der Waals surface area contributed by atoms with Crippen LogP contribution in [0.2, 0.25) is 0 Å². The van der Waals surface area contributed by atoms with Crippen molar-refractivity contribution in [1.29, 1.82) is 0 Å². The number of aryl methyl sites for hydroxylation is 1. The highest BCUT2D eigenvalue weighted by atomic mass is 32.2. The smallest absolute Gasteiger partial charge is 0.338 e. The Morgan fingerprint density at radius 1 is 1.07 bits per heavy atom. The summed E-state index contributed by atoms with van der Waals surface area (Å²) in [5, 5.41) is 0. The quantitative estimate of drug-likeness (QED) is 0.686. The van der Waals surface area contributed by atoms with Crippen molar-refractivity contribution in [1.82, 2.24) is 4.31 Å². The van der Waals surface area contributed by atoms with Crippen molar-refractivity contribution in [3.05, 3.63) is 53.1 Å². The second-order valence-corrected chi connectivity index (χ2v) is 8.67. The zero-order valence-corrected chi connectivity index (χ0v) is 16.7. The van der Waals surface area contributed by atoms with Crippen LogP contribution in [0.4, 0.5) is 0 Å². The van der Waals surface area contributed by atoms with Gasteiger partial charge in [-0.05, 0) is 42.3 Å². The molecule has 4 rings (SSSR count). The van der Waals surface area contributed by atoms with Crippen LogP contribution in [0.1, 0.15) is 21.5 Å². The maximum Gasteiger partial charge on any atom is 0.338 e. The number of esters is 1. The average molecular weight is 419 g/mol. The topological polar surface area (TPSA) is 91.4 Å². The summed E-state index contributed by atoms with van der Waals surface area (Å²) in [6.45, 7) is 3.21. The van der Waals surface area contributed by atoms with Crippen molar-refractivity contribution in [3.63, 3.8) is 0 Å². The number of sulfonamides is 1. The molecule has 2 aromatic rings. The Morgan fingerprint density at radius 2 is 1.83 bits per heavy atom. The Kier molecular flexibility index (Phi) is 5.44. The van der Waals surface area contributed by atoms with Crippen molar-refractivity contribution >= 4 is 16.0 Å². The van der Waals surface area contributed by atoms with Crippen LogP contribution >= 0.6 is 0 Å². The number of morpholine rings is 1. The highest BCUT2D eigenvalue weighted by Crippen LogP contribution is 2.32. The predicted octanol–water partition coefficient (Wildman–Crippen LogP) is 2.10. The molecule has 0 saturated carbocycles. The highest BCUT2D eigenvalue weighted by Gasteiger charge is 2.28. The van der Waals surface area contributed by atoms with Gasteiger partial charge in [-0.1, -0.05) is 12.1 Å². The van der Waals surface area contributed by atoms with E-state index in [0.29, 0.717) is 43.4 Å². The van der Waals surface area contributed by atoms with Crippen molar-refractivity contribution in [2.24, 2.45) is 0 Å². The van der Waals surface area contributed by atoms with Gasteiger partial charge in [0.1, 0.15) is 6.61 Å². The molecule has 9 heteroatoms. The fraction of sp³-hybridized carbons (Fsp3) is 0.350. The van der Waals surface area contributed by atoms with E-state index in [1.807, 2.05) is 0 Å². The van der Waals surface area contributed by atoms with Gasteiger partial charge in [0, 0.05) is 13.1 Å². The summed E-state index contributed by atoms with van der Waals surface area (Å²) >= 11 is 0. The molecular weight excluding hydrogens is 398 g/mol. The van der Waals surface area contributed by atoms with Crippen LogP contribution in [-0.4, -0.2) is 51.8 Å². The van der Waals surface area contributed by atoms with Crippen LogP contribution < -0.4 is 9.47 Å². The number of carbonyl (C=O) groups is 1. The summed E-state index contributed by atoms with van der Waals surface area (Å²) in [6, 6.07) is 9.84. The first kappa shape index (κ1) is 19.7. The number of nitrogens with zero attached hydrogens (tertiary/aromatic N) is 1. The minimum absolute atomic E-state index is 0.0366. The highest BCUT2D eigenvalue weighted by molar-refractivity contribution is 7.89. The summed E-state index contributed by atoms with van der Waals surface area (Å²) in [5.74, 6) is 0.658. The molecule has 0 aliphatic carbocycles. The first-order chi connectivity index (χ1) is 13.9. The first-order valence-electron chi connectivity index (χ1n) is 9.19. The van der Waals surface area contributed by atoms with Crippen LogP contribution in [0, 0.1) is 6.92 Å². The predicted molar refractivity (Wildman–Crippen MR) is 102 cm³/mol. The third kappa shape index (κ3) is 4.07. The van der Waals surface area contributed by atoms with E-state index in [1.54, 1.807) is 37.3 Å². The third-order valence-corrected chi connectivity index (χ3v) is 6.86. The van der Waals surface area contributed by atoms with Gasteiger partial charge in [-0.15, -0.1) is 0 Å². The fourth-order valence-corrected chi connectivity index (χ4v) is 4.85. The number of fused-ring (bicyclic) bond motifs is 1. The number of rotatable bonds is 5. The number of carbonyl (C=O) groups excluding carboxylic acids is 1. The number of benzene rings is 2. The zero-order chi connectivity index (χ0) is 20.4. The molecule has 8 nitrogen and oxygen atoms in total. The van der Waals surface area contributed by atoms with E-state index in [1.165, 1.54) is 10.4 Å². The molecule has 0 amide bonds. The van der Waals surface area contributed by atoms with E-state index in [2.05, 4.69) is 0 Å². The molecular formula is C20H21NO7S. The van der Waals surface area contributed by atoms with Gasteiger partial charge in [-0.3, -0.25) is 0 Å². The molecule has 1 fully saturated rings. The molecule has 2 aliphatic heterocycles. The number of ether oxygens (including phenoxy) is 4. The monoisotopic (exact) mass is 419 g/mol. The standard InChI is InChI=1S/C20H21NO7S/c1-14-2-4-16(11-19(14)29(23,24)21-6-8-25-9-7-21)20(22)26-12-15-3-5-17-18(10-15)28-13-27-17/h2-5,10-11H,6-9,12-13H2,1H3. The number of hydrogen-bond acceptors (Lipinski definition) is 7. The van der Waals surface area contributed by atoms with Gasteiger partial charge in [-0.25, -0.2) is 13.2 Å². The van der Waals surface area contributed by atoms with Crippen LogP contribution in [-0.2, 0) is 26.1 Å². The van der Waals surface area contributed by atoms with E-state index in [9.17, 15) is 13.2 Å².